The molecule has 27 heavy (non-hydrogen) atoms. The lowest BCUT2D eigenvalue weighted by Gasteiger charge is -2.44. The number of nitrogens with zero attached hydrogens (tertiary/aromatic N) is 3. The Kier molecular flexibility index (Phi) is 6.88. The van der Waals surface area contributed by atoms with Crippen molar-refractivity contribution in [2.45, 2.75) is 50.9 Å². The van der Waals surface area contributed by atoms with Gasteiger partial charge in [-0.1, -0.05) is 0 Å². The van der Waals surface area contributed by atoms with Crippen molar-refractivity contribution in [1.29, 1.82) is 0 Å². The van der Waals surface area contributed by atoms with Gasteiger partial charge in [0.05, 0.1) is 23.6 Å². The van der Waals surface area contributed by atoms with Crippen LogP contribution in [0.5, 0.6) is 0 Å². The third kappa shape index (κ3) is 4.07. The summed E-state index contributed by atoms with van der Waals surface area (Å²) in [5.41, 5.74) is 4.01. The first-order chi connectivity index (χ1) is 12.3. The molecule has 2 aromatic rings. The second-order valence-corrected chi connectivity index (χ2v) is 8.51. The van der Waals surface area contributed by atoms with Gasteiger partial charge in [0.25, 0.3) is 0 Å². The Morgan fingerprint density at radius 3 is 2.93 bits per heavy atom. The van der Waals surface area contributed by atoms with Crippen LogP contribution in [-0.2, 0) is 36.4 Å². The molecule has 8 heteroatoms. The summed E-state index contributed by atoms with van der Waals surface area (Å²) in [4.78, 5) is 4.09. The van der Waals surface area contributed by atoms with E-state index in [4.69, 9.17) is 9.84 Å². The fourth-order valence-corrected chi connectivity index (χ4v) is 5.52. The molecule has 0 radical (unpaired) electrons. The molecule has 0 atom stereocenters. The summed E-state index contributed by atoms with van der Waals surface area (Å²) >= 11 is 1.90. The monoisotopic (exact) mass is 430 g/mol. The maximum Gasteiger partial charge on any atom is 0.0966 e. The SMILES string of the molecule is Cl.Cl.c1cc2c(s1)CCOC21CCN(Cc2cc3n(n2)CCCNC3)CC1. The number of halogens is 2. The smallest absolute Gasteiger partial charge is 0.0966 e. The third-order valence-electron chi connectivity index (χ3n) is 5.94. The van der Waals surface area contributed by atoms with Crippen LogP contribution in [0.2, 0.25) is 0 Å². The Balaban J connectivity index is 0.00000105. The van der Waals surface area contributed by atoms with Gasteiger partial charge in [-0.05, 0) is 48.9 Å². The minimum Gasteiger partial charge on any atom is -0.370 e. The molecular weight excluding hydrogens is 403 g/mol. The van der Waals surface area contributed by atoms with Crippen LogP contribution >= 0.6 is 36.2 Å². The molecule has 1 saturated heterocycles. The summed E-state index contributed by atoms with van der Waals surface area (Å²) in [6.45, 7) is 7.12. The minimum atomic E-state index is -0.0145. The van der Waals surface area contributed by atoms with Crippen LogP contribution in [0.25, 0.3) is 0 Å². The lowest BCUT2D eigenvalue weighted by molar-refractivity contribution is -0.0982. The topological polar surface area (TPSA) is 42.3 Å². The van der Waals surface area contributed by atoms with Crippen molar-refractivity contribution in [1.82, 2.24) is 20.0 Å². The molecule has 3 aliphatic rings. The summed E-state index contributed by atoms with van der Waals surface area (Å²) in [5, 5.41) is 10.6. The molecule has 5 rings (SSSR count). The van der Waals surface area contributed by atoms with Crippen molar-refractivity contribution in [2.24, 2.45) is 0 Å². The molecular formula is C19H28Cl2N4OS. The number of rotatable bonds is 2. The van der Waals surface area contributed by atoms with Gasteiger partial charge in [-0.15, -0.1) is 36.2 Å². The van der Waals surface area contributed by atoms with Crippen LogP contribution < -0.4 is 5.32 Å². The van der Waals surface area contributed by atoms with Crippen molar-refractivity contribution in [2.75, 3.05) is 26.2 Å². The molecule has 5 nitrogen and oxygen atoms in total. The normalized spacial score (nSPS) is 21.5. The van der Waals surface area contributed by atoms with E-state index in [1.54, 1.807) is 4.88 Å². The van der Waals surface area contributed by atoms with E-state index in [1.807, 2.05) is 11.3 Å². The Labute approximate surface area is 177 Å². The highest BCUT2D eigenvalue weighted by Crippen LogP contribution is 2.43. The molecule has 2 aromatic heterocycles. The zero-order valence-electron chi connectivity index (χ0n) is 15.5. The average molecular weight is 431 g/mol. The Morgan fingerprint density at radius 2 is 2.07 bits per heavy atom. The first kappa shape index (κ1) is 21.1. The molecule has 0 bridgehead atoms. The van der Waals surface area contributed by atoms with Gasteiger partial charge in [0.2, 0.25) is 0 Å². The predicted molar refractivity (Wildman–Crippen MR) is 113 cm³/mol. The molecule has 0 unspecified atom stereocenters. The van der Waals surface area contributed by atoms with Crippen LogP contribution in [-0.4, -0.2) is 40.9 Å². The number of fused-ring (bicyclic) bond motifs is 3. The molecule has 1 spiro atoms. The molecule has 3 aliphatic heterocycles. The number of aryl methyl sites for hydroxylation is 1. The second-order valence-electron chi connectivity index (χ2n) is 7.51. The van der Waals surface area contributed by atoms with Crippen molar-refractivity contribution in [3.8, 4) is 0 Å². The van der Waals surface area contributed by atoms with Crippen LogP contribution in [0.3, 0.4) is 0 Å². The Morgan fingerprint density at radius 1 is 1.22 bits per heavy atom. The largest absolute Gasteiger partial charge is 0.370 e. The molecule has 150 valence electrons. The lowest BCUT2D eigenvalue weighted by Crippen LogP contribution is -2.45. The van der Waals surface area contributed by atoms with Gasteiger partial charge < -0.3 is 10.1 Å². The van der Waals surface area contributed by atoms with E-state index in [9.17, 15) is 0 Å². The van der Waals surface area contributed by atoms with E-state index in [0.29, 0.717) is 0 Å². The maximum atomic E-state index is 6.32. The first-order valence-electron chi connectivity index (χ1n) is 9.52. The summed E-state index contributed by atoms with van der Waals surface area (Å²) < 4.78 is 8.52. The van der Waals surface area contributed by atoms with Crippen molar-refractivity contribution < 1.29 is 4.74 Å². The van der Waals surface area contributed by atoms with Crippen LogP contribution in [0.4, 0.5) is 0 Å². The highest BCUT2D eigenvalue weighted by molar-refractivity contribution is 7.10. The van der Waals surface area contributed by atoms with Crippen molar-refractivity contribution in [3.63, 3.8) is 0 Å². The first-order valence-corrected chi connectivity index (χ1v) is 10.4. The number of piperidine rings is 1. The van der Waals surface area contributed by atoms with E-state index in [0.717, 1.165) is 65.1 Å². The quantitative estimate of drug-likeness (QED) is 0.792. The van der Waals surface area contributed by atoms with Gasteiger partial charge >= 0.3 is 0 Å². The van der Waals surface area contributed by atoms with E-state index in [1.165, 1.54) is 23.4 Å². The number of hydrogen-bond acceptors (Lipinski definition) is 5. The molecule has 0 saturated carbocycles. The average Bonchev–Trinajstić information content (AvgIpc) is 3.20. The molecule has 1 fully saturated rings. The predicted octanol–water partition coefficient (Wildman–Crippen LogP) is 3.35. The van der Waals surface area contributed by atoms with Crippen LogP contribution in [0.1, 0.15) is 41.1 Å². The lowest BCUT2D eigenvalue weighted by atomic mass is 9.82. The van der Waals surface area contributed by atoms with Crippen LogP contribution in [0.15, 0.2) is 17.5 Å². The summed E-state index contributed by atoms with van der Waals surface area (Å²) in [7, 11) is 0. The van der Waals surface area contributed by atoms with Gasteiger partial charge in [0.15, 0.2) is 0 Å². The Bertz CT molecular complexity index is 731. The fourth-order valence-electron chi connectivity index (χ4n) is 4.57. The maximum absolute atomic E-state index is 6.32. The number of aromatic nitrogens is 2. The number of likely N-dealkylation sites (tertiary alicyclic amines) is 1. The molecule has 0 aliphatic carbocycles. The molecule has 5 heterocycles. The second kappa shape index (κ2) is 8.80. The van der Waals surface area contributed by atoms with Gasteiger partial charge in [-0.25, -0.2) is 0 Å². The van der Waals surface area contributed by atoms with E-state index >= 15 is 0 Å². The highest BCUT2D eigenvalue weighted by atomic mass is 35.5. The Hall–Kier alpha value is -0.630. The van der Waals surface area contributed by atoms with E-state index in [-0.39, 0.29) is 30.4 Å². The number of hydrogen-bond donors (Lipinski definition) is 1. The van der Waals surface area contributed by atoms with Gasteiger partial charge in [-0.3, -0.25) is 9.58 Å². The van der Waals surface area contributed by atoms with E-state index in [2.05, 4.69) is 32.4 Å². The van der Waals surface area contributed by atoms with Gasteiger partial charge in [0.1, 0.15) is 0 Å². The standard InChI is InChI=1S/C19H26N4OS.2ClH/c1-6-20-13-16-12-15(21-23(16)7-1)14-22-8-4-19(5-9-22)17-3-11-25-18(17)2-10-24-19;;/h3,11-12,20H,1-2,4-10,13-14H2;2*1H. The summed E-state index contributed by atoms with van der Waals surface area (Å²) in [5.74, 6) is 0. The highest BCUT2D eigenvalue weighted by Gasteiger charge is 2.41. The summed E-state index contributed by atoms with van der Waals surface area (Å²) in [6.07, 6.45) is 4.46. The molecule has 0 amide bonds. The number of ether oxygens (including phenoxy) is 1. The zero-order chi connectivity index (χ0) is 16.7. The number of thiophene rings is 1. The molecule has 1 N–H and O–H groups in total. The number of nitrogens with one attached hydrogen (secondary N) is 1. The van der Waals surface area contributed by atoms with E-state index < -0.39 is 0 Å². The minimum absolute atomic E-state index is 0. The fraction of sp³-hybridized carbons (Fsp3) is 0.632. The van der Waals surface area contributed by atoms with Crippen LogP contribution in [0, 0.1) is 0 Å². The third-order valence-corrected chi connectivity index (χ3v) is 6.92. The molecule has 0 aromatic carbocycles. The summed E-state index contributed by atoms with van der Waals surface area (Å²) in [6, 6.07) is 4.59. The van der Waals surface area contributed by atoms with Crippen molar-refractivity contribution >= 4 is 36.2 Å². The van der Waals surface area contributed by atoms with Crippen molar-refractivity contribution in [3.05, 3.63) is 39.3 Å². The zero-order valence-corrected chi connectivity index (χ0v) is 17.9. The van der Waals surface area contributed by atoms with Gasteiger partial charge in [-0.2, -0.15) is 5.10 Å². The van der Waals surface area contributed by atoms with Gasteiger partial charge in [0, 0.05) is 44.0 Å².